The Balaban J connectivity index is 1.26. The highest BCUT2D eigenvalue weighted by molar-refractivity contribution is 7.13. The Morgan fingerprint density at radius 2 is 1.20 bits per heavy atom. The lowest BCUT2D eigenvalue weighted by molar-refractivity contribution is 0.765. The maximum absolute atomic E-state index is 4.70. The molecule has 0 saturated carbocycles. The molecule has 6 aromatic rings. The predicted molar refractivity (Wildman–Crippen MR) is 182 cm³/mol. The second-order valence-electron chi connectivity index (χ2n) is 10.6. The van der Waals surface area contributed by atoms with Gasteiger partial charge in [-0.25, -0.2) is 4.98 Å². The average Bonchev–Trinajstić information content (AvgIpc) is 3.48. The summed E-state index contributed by atoms with van der Waals surface area (Å²) in [6, 6.07) is 30.5. The van der Waals surface area contributed by atoms with Gasteiger partial charge in [0, 0.05) is 38.7 Å². The molecule has 0 bridgehead atoms. The summed E-state index contributed by atoms with van der Waals surface area (Å²) in [5, 5.41) is 37.4. The van der Waals surface area contributed by atoms with Crippen molar-refractivity contribution in [3.05, 3.63) is 108 Å². The molecule has 9 heteroatoms. The van der Waals surface area contributed by atoms with Crippen LogP contribution in [-0.4, -0.2) is 11.0 Å². The first-order valence-electron chi connectivity index (χ1n) is 14.6. The van der Waals surface area contributed by atoms with Crippen LogP contribution in [0.1, 0.15) is 31.5 Å². The fourth-order valence-electron chi connectivity index (χ4n) is 4.82. The summed E-state index contributed by atoms with van der Waals surface area (Å²) in [5.41, 5.74) is 6.85. The van der Waals surface area contributed by atoms with Crippen LogP contribution < -0.4 is 5.32 Å². The molecule has 1 atom stereocenters. The smallest absolute Gasteiger partial charge is 0.230 e. The number of thiazole rings is 1. The van der Waals surface area contributed by atoms with Crippen LogP contribution in [0.2, 0.25) is 0 Å². The number of anilines is 1. The Hall–Kier alpha value is -5.15. The molecule has 0 radical (unpaired) electrons. The van der Waals surface area contributed by atoms with Crippen LogP contribution in [0.15, 0.2) is 127 Å². The number of aryl methyl sites for hydroxylation is 2. The first-order valence-corrected chi connectivity index (χ1v) is 15.4. The molecule has 0 fully saturated rings. The van der Waals surface area contributed by atoms with Gasteiger partial charge in [-0.15, -0.1) is 36.9 Å². The summed E-state index contributed by atoms with van der Waals surface area (Å²) in [6.45, 7) is 8.29. The van der Waals surface area contributed by atoms with Crippen molar-refractivity contribution in [1.82, 2.24) is 4.98 Å². The molecule has 218 valence electrons. The van der Waals surface area contributed by atoms with Gasteiger partial charge in [-0.3, -0.25) is 0 Å². The summed E-state index contributed by atoms with van der Waals surface area (Å²) in [6.07, 6.45) is 1.05. The molecule has 6 rings (SSSR count). The van der Waals surface area contributed by atoms with Crippen LogP contribution in [0.4, 0.5) is 39.3 Å². The number of azo groups is 3. The van der Waals surface area contributed by atoms with Crippen LogP contribution >= 0.6 is 11.3 Å². The van der Waals surface area contributed by atoms with Gasteiger partial charge < -0.3 is 5.32 Å². The number of benzene rings is 5. The van der Waals surface area contributed by atoms with Gasteiger partial charge in [0.1, 0.15) is 0 Å². The molecule has 0 saturated heterocycles. The van der Waals surface area contributed by atoms with Gasteiger partial charge in [-0.05, 0) is 75.2 Å². The Morgan fingerprint density at radius 3 is 1.77 bits per heavy atom. The second-order valence-corrected chi connectivity index (χ2v) is 11.5. The van der Waals surface area contributed by atoms with Crippen molar-refractivity contribution in [1.29, 1.82) is 0 Å². The number of nitrogens with one attached hydrogen (secondary N) is 1. The van der Waals surface area contributed by atoms with Gasteiger partial charge in [0.15, 0.2) is 0 Å². The molecule has 0 aliphatic heterocycles. The van der Waals surface area contributed by atoms with E-state index in [0.717, 1.165) is 73.3 Å². The van der Waals surface area contributed by atoms with Crippen molar-refractivity contribution < 1.29 is 0 Å². The van der Waals surface area contributed by atoms with E-state index in [4.69, 9.17) is 10.2 Å². The van der Waals surface area contributed by atoms with Crippen molar-refractivity contribution in [2.75, 3.05) is 5.32 Å². The number of fused-ring (bicyclic) bond motifs is 2. The minimum atomic E-state index is 0.381. The minimum Gasteiger partial charge on any atom is -0.382 e. The monoisotopic (exact) mass is 596 g/mol. The number of nitrogens with zero attached hydrogens (tertiary/aromatic N) is 7. The summed E-state index contributed by atoms with van der Waals surface area (Å²) in [4.78, 5) is 4.32. The maximum Gasteiger partial charge on any atom is 0.230 e. The highest BCUT2D eigenvalue weighted by Crippen LogP contribution is 2.38. The zero-order valence-corrected chi connectivity index (χ0v) is 25.9. The first-order chi connectivity index (χ1) is 21.5. The summed E-state index contributed by atoms with van der Waals surface area (Å²) < 4.78 is 0. The summed E-state index contributed by atoms with van der Waals surface area (Å²) >= 11 is 1.47. The van der Waals surface area contributed by atoms with E-state index in [-0.39, 0.29) is 0 Å². The van der Waals surface area contributed by atoms with E-state index in [2.05, 4.69) is 68.9 Å². The lowest BCUT2D eigenvalue weighted by atomic mass is 10.1. The van der Waals surface area contributed by atoms with Gasteiger partial charge in [0.25, 0.3) is 0 Å². The molecule has 5 aromatic carbocycles. The third-order valence-corrected chi connectivity index (χ3v) is 8.21. The van der Waals surface area contributed by atoms with E-state index in [1.54, 1.807) is 0 Å². The average molecular weight is 597 g/mol. The summed E-state index contributed by atoms with van der Waals surface area (Å²) in [7, 11) is 0. The molecular weight excluding hydrogens is 565 g/mol. The molecule has 0 aliphatic rings. The number of aromatic nitrogens is 1. The molecule has 1 unspecified atom stereocenters. The van der Waals surface area contributed by atoms with E-state index in [1.165, 1.54) is 11.3 Å². The highest BCUT2D eigenvalue weighted by atomic mass is 32.1. The van der Waals surface area contributed by atoms with Gasteiger partial charge in [0.2, 0.25) is 5.13 Å². The molecule has 0 aliphatic carbocycles. The fourth-order valence-corrected chi connectivity index (χ4v) is 5.44. The molecule has 1 N–H and O–H groups in total. The van der Waals surface area contributed by atoms with Crippen LogP contribution in [0, 0.1) is 13.8 Å². The lowest BCUT2D eigenvalue weighted by Gasteiger charge is -2.15. The Kier molecular flexibility index (Phi) is 8.56. The van der Waals surface area contributed by atoms with Crippen LogP contribution in [0.25, 0.3) is 21.5 Å². The first kappa shape index (κ1) is 28.9. The third-order valence-electron chi connectivity index (χ3n) is 7.36. The van der Waals surface area contributed by atoms with Crippen molar-refractivity contribution in [2.24, 2.45) is 30.7 Å². The molecule has 1 aromatic heterocycles. The zero-order chi connectivity index (χ0) is 30.5. The SMILES string of the molecule is CCC(C)Nc1ccc(/N=N/c2ccc(/N=N/c3ccc(/N=N/c4nc(C)cs4)cc3C)c3ccccc23)c2ccccc12. The topological polar surface area (TPSA) is 99.1 Å². The van der Waals surface area contributed by atoms with Crippen LogP contribution in [0.3, 0.4) is 0 Å². The molecular formula is C35H32N8S. The number of hydrogen-bond acceptors (Lipinski definition) is 9. The largest absolute Gasteiger partial charge is 0.382 e. The second kappa shape index (κ2) is 13.0. The quantitative estimate of drug-likeness (QED) is 0.168. The normalized spacial score (nSPS) is 12.7. The zero-order valence-electron chi connectivity index (χ0n) is 25.1. The van der Waals surface area contributed by atoms with E-state index in [0.29, 0.717) is 11.2 Å². The molecule has 8 nitrogen and oxygen atoms in total. The Morgan fingerprint density at radius 1 is 0.659 bits per heavy atom. The van der Waals surface area contributed by atoms with Crippen molar-refractivity contribution in [2.45, 2.75) is 40.2 Å². The molecule has 1 heterocycles. The minimum absolute atomic E-state index is 0.381. The molecule has 0 amide bonds. The molecule has 0 spiro atoms. The van der Waals surface area contributed by atoms with Crippen LogP contribution in [-0.2, 0) is 0 Å². The Labute approximate surface area is 260 Å². The Bertz CT molecular complexity index is 2040. The van der Waals surface area contributed by atoms with Gasteiger partial charge in [-0.1, -0.05) is 55.5 Å². The summed E-state index contributed by atoms with van der Waals surface area (Å²) in [5.74, 6) is 0. The van der Waals surface area contributed by atoms with E-state index in [9.17, 15) is 0 Å². The fraction of sp³-hybridized carbons (Fsp3) is 0.171. The van der Waals surface area contributed by atoms with Crippen molar-refractivity contribution in [3.8, 4) is 0 Å². The number of hydrogen-bond donors (Lipinski definition) is 1. The number of rotatable bonds is 9. The van der Waals surface area contributed by atoms with Gasteiger partial charge in [0.05, 0.1) is 34.1 Å². The maximum atomic E-state index is 4.70. The standard InChI is InChI=1S/C35H32N8S/c1-5-23(3)36-31-16-17-32(27-11-7-6-10-26(27)31)41-42-34-19-18-33(28-12-8-9-13-29(28)34)40-39-30-15-14-25(20-22(30)2)38-43-35-37-24(4)21-44-35/h6-21,23,36H,5H2,1-4H3/b40-39+,42-41+,43-38+. The lowest BCUT2D eigenvalue weighted by Crippen LogP contribution is -2.13. The van der Waals surface area contributed by atoms with E-state index >= 15 is 0 Å². The third kappa shape index (κ3) is 6.43. The predicted octanol–water partition coefficient (Wildman–Crippen LogP) is 12.5. The highest BCUT2D eigenvalue weighted by Gasteiger charge is 2.09. The van der Waals surface area contributed by atoms with Gasteiger partial charge in [-0.2, -0.15) is 5.11 Å². The van der Waals surface area contributed by atoms with Crippen molar-refractivity contribution in [3.63, 3.8) is 0 Å². The van der Waals surface area contributed by atoms with E-state index < -0.39 is 0 Å². The van der Waals surface area contributed by atoms with Gasteiger partial charge >= 0.3 is 0 Å². The van der Waals surface area contributed by atoms with Crippen LogP contribution in [0.5, 0.6) is 0 Å². The van der Waals surface area contributed by atoms with E-state index in [1.807, 2.05) is 86.0 Å². The molecule has 44 heavy (non-hydrogen) atoms. The van der Waals surface area contributed by atoms with Crippen molar-refractivity contribution >= 4 is 72.1 Å².